The molecule has 0 bridgehead atoms. The Morgan fingerprint density at radius 1 is 1.61 bits per heavy atom. The molecular formula is C14H17N2O4S2U-. The zero-order valence-electron chi connectivity index (χ0n) is 12.3. The number of carboxylic acid groups (broad SMARTS) is 1. The second-order valence-corrected chi connectivity index (χ2v) is 6.89. The maximum absolute atomic E-state index is 11.9. The minimum Gasteiger partial charge on any atom is -0.566 e. The van der Waals surface area contributed by atoms with Crippen molar-refractivity contribution in [3.63, 3.8) is 0 Å². The predicted molar refractivity (Wildman–Crippen MR) is 84.5 cm³/mol. The van der Waals surface area contributed by atoms with Crippen LogP contribution in [0.15, 0.2) is 21.9 Å². The first-order valence-electron chi connectivity index (χ1n) is 6.85. The molecule has 0 unspecified atom stereocenters. The number of aromatic nitrogens is 1. The number of carbonyl (C=O) groups excluding carboxylic acids is 1. The summed E-state index contributed by atoms with van der Waals surface area (Å²) in [6.07, 6.45) is 5.62. The second-order valence-electron chi connectivity index (χ2n) is 4.69. The maximum atomic E-state index is 11.9. The number of carbonyl (C=O) groups is 2. The Morgan fingerprint density at radius 3 is 3.04 bits per heavy atom. The third kappa shape index (κ3) is 6.24. The first-order chi connectivity index (χ1) is 10.6. The van der Waals surface area contributed by atoms with Crippen LogP contribution in [-0.4, -0.2) is 50.3 Å². The molecule has 1 aromatic rings. The van der Waals surface area contributed by atoms with E-state index in [4.69, 9.17) is 10.2 Å². The molecule has 6 nitrogen and oxygen atoms in total. The molecule has 1 atom stereocenters. The number of likely N-dealkylation sites (tertiary alicyclic amines) is 1. The maximum Gasteiger partial charge on any atom is 0.355 e. The van der Waals surface area contributed by atoms with Crippen LogP contribution in [0.4, 0.5) is 0 Å². The van der Waals surface area contributed by atoms with Crippen LogP contribution in [0.3, 0.4) is 0 Å². The Hall–Kier alpha value is -0.328. The predicted octanol–water partition coefficient (Wildman–Crippen LogP) is 2.40. The number of amides is 1. The largest absolute Gasteiger partial charge is 0.566 e. The summed E-state index contributed by atoms with van der Waals surface area (Å²) in [6, 6.07) is 0.0823. The topological polar surface area (TPSA) is 90.7 Å². The SMILES string of the molecule is O=C(O)c1csc(SCCN2C(=O)CC[C@@H]2/C=C/C[CH-]O)n1.[U]. The van der Waals surface area contributed by atoms with Crippen LogP contribution >= 0.6 is 23.1 Å². The van der Waals surface area contributed by atoms with E-state index < -0.39 is 5.97 Å². The minimum atomic E-state index is -1.02. The number of aromatic carboxylic acids is 1. The molecule has 1 fully saturated rings. The number of thiazole rings is 1. The molecule has 0 spiro atoms. The fourth-order valence-electron chi connectivity index (χ4n) is 2.20. The van der Waals surface area contributed by atoms with Crippen LogP contribution in [0.5, 0.6) is 0 Å². The Kier molecular flexibility index (Phi) is 9.47. The van der Waals surface area contributed by atoms with Crippen molar-refractivity contribution < 1.29 is 50.9 Å². The van der Waals surface area contributed by atoms with Crippen LogP contribution in [-0.2, 0) is 4.79 Å². The molecule has 2 N–H and O–H groups in total. The Bertz CT molecular complexity index is 565. The van der Waals surface area contributed by atoms with Gasteiger partial charge in [0.1, 0.15) is 0 Å². The van der Waals surface area contributed by atoms with Gasteiger partial charge in [-0.05, 0) is 6.42 Å². The van der Waals surface area contributed by atoms with E-state index in [1.165, 1.54) is 28.5 Å². The second kappa shape index (κ2) is 10.5. The summed E-state index contributed by atoms with van der Waals surface area (Å²) in [4.78, 5) is 28.5. The van der Waals surface area contributed by atoms with Gasteiger partial charge >= 0.3 is 5.97 Å². The third-order valence-electron chi connectivity index (χ3n) is 3.23. The van der Waals surface area contributed by atoms with Gasteiger partial charge in [-0.25, -0.2) is 16.4 Å². The van der Waals surface area contributed by atoms with Crippen molar-refractivity contribution in [3.8, 4) is 0 Å². The summed E-state index contributed by atoms with van der Waals surface area (Å²) in [5.41, 5.74) is 0.0609. The summed E-state index contributed by atoms with van der Waals surface area (Å²) >= 11 is 2.76. The molecule has 0 aromatic carbocycles. The van der Waals surface area contributed by atoms with E-state index >= 15 is 0 Å². The molecule has 23 heavy (non-hydrogen) atoms. The first kappa shape index (κ1) is 20.7. The van der Waals surface area contributed by atoms with Gasteiger partial charge in [0.2, 0.25) is 5.91 Å². The van der Waals surface area contributed by atoms with Crippen LogP contribution in [0.1, 0.15) is 29.8 Å². The average molecular weight is 579 g/mol. The Morgan fingerprint density at radius 2 is 2.39 bits per heavy atom. The van der Waals surface area contributed by atoms with Crippen molar-refractivity contribution in [2.75, 3.05) is 12.3 Å². The molecule has 1 saturated heterocycles. The van der Waals surface area contributed by atoms with Crippen LogP contribution in [0, 0.1) is 37.7 Å². The minimum absolute atomic E-state index is 0. The van der Waals surface area contributed by atoms with Crippen molar-refractivity contribution >= 4 is 35.0 Å². The molecule has 2 rings (SSSR count). The van der Waals surface area contributed by atoms with Gasteiger partial charge in [-0.15, -0.1) is 23.8 Å². The normalized spacial score (nSPS) is 17.7. The number of hydrogen-bond acceptors (Lipinski definition) is 6. The number of aliphatic hydroxyl groups is 1. The Balaban J connectivity index is 0.00000264. The van der Waals surface area contributed by atoms with E-state index in [1.807, 2.05) is 17.1 Å². The molecule has 0 radical (unpaired) electrons. The first-order valence-corrected chi connectivity index (χ1v) is 8.72. The average Bonchev–Trinajstić information content (AvgIpc) is 3.09. The fraction of sp³-hybridized carbons (Fsp3) is 0.429. The molecule has 2 heterocycles. The number of nitrogens with zero attached hydrogens (tertiary/aromatic N) is 2. The van der Waals surface area contributed by atoms with Crippen molar-refractivity contribution in [2.24, 2.45) is 0 Å². The zero-order valence-corrected chi connectivity index (χ0v) is 18.1. The van der Waals surface area contributed by atoms with Crippen LogP contribution in [0.25, 0.3) is 0 Å². The van der Waals surface area contributed by atoms with Gasteiger partial charge in [0.25, 0.3) is 0 Å². The zero-order chi connectivity index (χ0) is 15.9. The molecule has 1 aliphatic heterocycles. The molecule has 9 heteroatoms. The van der Waals surface area contributed by atoms with E-state index in [0.717, 1.165) is 13.0 Å². The summed E-state index contributed by atoms with van der Waals surface area (Å²) in [6.45, 7) is 1.68. The van der Waals surface area contributed by atoms with Crippen molar-refractivity contribution in [2.45, 2.75) is 29.6 Å². The number of carboxylic acids is 1. The number of rotatable bonds is 8. The van der Waals surface area contributed by atoms with Gasteiger partial charge < -0.3 is 15.1 Å². The van der Waals surface area contributed by atoms with Gasteiger partial charge in [-0.2, -0.15) is 0 Å². The molecular weight excluding hydrogens is 562 g/mol. The molecule has 124 valence electrons. The standard InChI is InChI=1S/C14H17N2O4S2.U/c17-7-2-1-3-10-4-5-12(18)16(10)6-8-21-14-15-11(9-22-14)13(19)20;/h1,3,7,9-10,17H,2,4-6,8H2,(H,19,20);/q-1;/b3-1+;/t10-;/m0./s1. The summed E-state index contributed by atoms with van der Waals surface area (Å²) in [5, 5.41) is 19.0. The van der Waals surface area contributed by atoms with Crippen LogP contribution in [0.2, 0.25) is 0 Å². The van der Waals surface area contributed by atoms with E-state index in [0.29, 0.717) is 29.5 Å². The van der Waals surface area contributed by atoms with Crippen LogP contribution < -0.4 is 0 Å². The van der Waals surface area contributed by atoms with Gasteiger partial charge in [0.15, 0.2) is 10.0 Å². The van der Waals surface area contributed by atoms with Gasteiger partial charge in [-0.1, -0.05) is 17.8 Å². The van der Waals surface area contributed by atoms with E-state index in [1.54, 1.807) is 0 Å². The van der Waals surface area contributed by atoms with Gasteiger partial charge in [0, 0.05) is 55.2 Å². The molecule has 0 saturated carbocycles. The smallest absolute Gasteiger partial charge is 0.355 e. The number of thioether (sulfide) groups is 1. The number of hydrogen-bond donors (Lipinski definition) is 2. The number of aliphatic hydroxyl groups excluding tert-OH is 1. The Labute approximate surface area is 166 Å². The monoisotopic (exact) mass is 579 g/mol. The fourth-order valence-corrected chi connectivity index (χ4v) is 4.01. The van der Waals surface area contributed by atoms with E-state index in [9.17, 15) is 9.59 Å². The van der Waals surface area contributed by atoms with Gasteiger partial charge in [-0.3, -0.25) is 4.79 Å². The summed E-state index contributed by atoms with van der Waals surface area (Å²) in [5.74, 6) is -0.216. The van der Waals surface area contributed by atoms with E-state index in [-0.39, 0.29) is 48.8 Å². The van der Waals surface area contributed by atoms with Crippen molar-refractivity contribution in [3.05, 3.63) is 29.8 Å². The molecule has 1 amide bonds. The van der Waals surface area contributed by atoms with E-state index in [2.05, 4.69) is 4.98 Å². The summed E-state index contributed by atoms with van der Waals surface area (Å²) < 4.78 is 0.700. The molecule has 1 aromatic heterocycles. The summed E-state index contributed by atoms with van der Waals surface area (Å²) in [7, 11) is 0. The third-order valence-corrected chi connectivity index (χ3v) is 5.24. The molecule has 0 aliphatic carbocycles. The quantitative estimate of drug-likeness (QED) is 0.280. The van der Waals surface area contributed by atoms with Crippen molar-refractivity contribution in [1.29, 1.82) is 0 Å². The molecule has 1 aliphatic rings. The van der Waals surface area contributed by atoms with Crippen molar-refractivity contribution in [1.82, 2.24) is 9.88 Å². The van der Waals surface area contributed by atoms with Gasteiger partial charge in [0.05, 0.1) is 6.04 Å².